The number of ether oxygens (including phenoxy) is 1. The Kier molecular flexibility index (Phi) is 4.52. The van der Waals surface area contributed by atoms with E-state index in [0.29, 0.717) is 0 Å². The molecule has 2 rings (SSSR count). The monoisotopic (exact) mass is 292 g/mol. The molecule has 0 unspecified atom stereocenters. The first-order valence-corrected chi connectivity index (χ1v) is 7.61. The van der Waals surface area contributed by atoms with Gasteiger partial charge in [0.05, 0.1) is 0 Å². The number of Topliss-reactive ketones (excluding diaryl/α,β-unsaturated/α-hetero) is 1. The van der Waals surface area contributed by atoms with Crippen LogP contribution in [0.15, 0.2) is 18.2 Å². The zero-order chi connectivity index (χ0) is 15.7. The third kappa shape index (κ3) is 3.52. The van der Waals surface area contributed by atoms with E-state index in [1.54, 1.807) is 13.2 Å². The van der Waals surface area contributed by atoms with Crippen molar-refractivity contribution < 1.29 is 13.9 Å². The van der Waals surface area contributed by atoms with E-state index in [9.17, 15) is 9.18 Å². The van der Waals surface area contributed by atoms with E-state index >= 15 is 0 Å². The lowest BCUT2D eigenvalue weighted by Crippen LogP contribution is -2.46. The highest BCUT2D eigenvalue weighted by molar-refractivity contribution is 5.89. The standard InChI is InChI=1S/C18H25FO2/c1-13-5-6-15(19)11-14(13)12-16(20)18(21-4)9-7-17(2,3)8-10-18/h5-6,11H,7-10,12H2,1-4H3. The van der Waals surface area contributed by atoms with Gasteiger partial charge >= 0.3 is 0 Å². The number of ketones is 1. The fraction of sp³-hybridized carbons (Fsp3) is 0.611. The molecule has 1 aromatic carbocycles. The van der Waals surface area contributed by atoms with Gasteiger partial charge in [0.15, 0.2) is 5.78 Å². The van der Waals surface area contributed by atoms with Crippen LogP contribution in [0.25, 0.3) is 0 Å². The van der Waals surface area contributed by atoms with Crippen LogP contribution in [0.2, 0.25) is 0 Å². The molecule has 0 heterocycles. The normalized spacial score (nSPS) is 20.2. The number of hydrogen-bond acceptors (Lipinski definition) is 2. The first-order chi connectivity index (χ1) is 9.78. The summed E-state index contributed by atoms with van der Waals surface area (Å²) in [6.07, 6.45) is 3.72. The quantitative estimate of drug-likeness (QED) is 0.830. The van der Waals surface area contributed by atoms with Crippen LogP contribution in [-0.4, -0.2) is 18.5 Å². The molecule has 0 spiro atoms. The van der Waals surface area contributed by atoms with Gasteiger partial charge in [-0.1, -0.05) is 19.9 Å². The summed E-state index contributed by atoms with van der Waals surface area (Å²) in [7, 11) is 1.62. The van der Waals surface area contributed by atoms with Crippen molar-refractivity contribution in [2.24, 2.45) is 5.41 Å². The van der Waals surface area contributed by atoms with Crippen LogP contribution in [0.5, 0.6) is 0 Å². The highest BCUT2D eigenvalue weighted by Crippen LogP contribution is 2.42. The fourth-order valence-electron chi connectivity index (χ4n) is 3.09. The summed E-state index contributed by atoms with van der Waals surface area (Å²) in [5.74, 6) is -0.214. The number of benzene rings is 1. The second kappa shape index (κ2) is 5.88. The maximum Gasteiger partial charge on any atom is 0.168 e. The Labute approximate surface area is 126 Å². The van der Waals surface area contributed by atoms with Crippen LogP contribution in [0.4, 0.5) is 4.39 Å². The van der Waals surface area contributed by atoms with Crippen LogP contribution in [-0.2, 0) is 16.0 Å². The minimum Gasteiger partial charge on any atom is -0.370 e. The second-order valence-corrected chi connectivity index (χ2v) is 7.03. The van der Waals surface area contributed by atoms with E-state index in [1.165, 1.54) is 12.1 Å². The smallest absolute Gasteiger partial charge is 0.168 e. The summed E-state index contributed by atoms with van der Waals surface area (Å²) in [6.45, 7) is 6.37. The van der Waals surface area contributed by atoms with Crippen molar-refractivity contribution >= 4 is 5.78 Å². The van der Waals surface area contributed by atoms with E-state index in [0.717, 1.165) is 36.8 Å². The van der Waals surface area contributed by atoms with Crippen LogP contribution >= 0.6 is 0 Å². The van der Waals surface area contributed by atoms with Crippen molar-refractivity contribution in [3.8, 4) is 0 Å². The number of aryl methyl sites for hydroxylation is 1. The zero-order valence-corrected chi connectivity index (χ0v) is 13.5. The lowest BCUT2D eigenvalue weighted by atomic mass is 9.69. The number of halogens is 1. The molecule has 0 atom stereocenters. The summed E-state index contributed by atoms with van der Waals surface area (Å²) in [5, 5.41) is 0. The summed E-state index contributed by atoms with van der Waals surface area (Å²) in [5.41, 5.74) is 1.30. The zero-order valence-electron chi connectivity index (χ0n) is 13.5. The Morgan fingerprint density at radius 3 is 2.43 bits per heavy atom. The molecule has 2 nitrogen and oxygen atoms in total. The molecule has 0 radical (unpaired) electrons. The molecule has 1 aliphatic rings. The van der Waals surface area contributed by atoms with Gasteiger partial charge in [0.25, 0.3) is 0 Å². The van der Waals surface area contributed by atoms with E-state index in [1.807, 2.05) is 6.92 Å². The maximum absolute atomic E-state index is 13.4. The molecule has 0 saturated heterocycles. The summed E-state index contributed by atoms with van der Waals surface area (Å²) in [6, 6.07) is 4.61. The van der Waals surface area contributed by atoms with Crippen molar-refractivity contribution in [2.45, 2.75) is 58.5 Å². The van der Waals surface area contributed by atoms with Crippen molar-refractivity contribution in [3.05, 3.63) is 35.1 Å². The topological polar surface area (TPSA) is 26.3 Å². The SMILES string of the molecule is COC1(C(=O)Cc2cc(F)ccc2C)CCC(C)(C)CC1. The summed E-state index contributed by atoms with van der Waals surface area (Å²) >= 11 is 0. The van der Waals surface area contributed by atoms with E-state index in [4.69, 9.17) is 4.74 Å². The average Bonchev–Trinajstić information content (AvgIpc) is 2.43. The van der Waals surface area contributed by atoms with Gasteiger partial charge in [0.2, 0.25) is 0 Å². The Morgan fingerprint density at radius 1 is 1.24 bits per heavy atom. The highest BCUT2D eigenvalue weighted by atomic mass is 19.1. The van der Waals surface area contributed by atoms with E-state index in [2.05, 4.69) is 13.8 Å². The number of carbonyl (C=O) groups excluding carboxylic acids is 1. The van der Waals surface area contributed by atoms with Crippen molar-refractivity contribution in [1.29, 1.82) is 0 Å². The third-order valence-corrected chi connectivity index (χ3v) is 4.97. The fourth-order valence-corrected chi connectivity index (χ4v) is 3.09. The van der Waals surface area contributed by atoms with Crippen LogP contribution in [0.1, 0.15) is 50.7 Å². The Bertz CT molecular complexity index is 524. The molecule has 1 aliphatic carbocycles. The van der Waals surface area contributed by atoms with E-state index in [-0.39, 0.29) is 23.4 Å². The van der Waals surface area contributed by atoms with Gasteiger partial charge in [-0.3, -0.25) is 4.79 Å². The molecule has 3 heteroatoms. The molecule has 0 bridgehead atoms. The second-order valence-electron chi connectivity index (χ2n) is 7.03. The molecule has 0 amide bonds. The summed E-state index contributed by atoms with van der Waals surface area (Å²) < 4.78 is 19.0. The lowest BCUT2D eigenvalue weighted by molar-refractivity contribution is -0.147. The number of rotatable bonds is 4. The van der Waals surface area contributed by atoms with Gasteiger partial charge in [0.1, 0.15) is 11.4 Å². The van der Waals surface area contributed by atoms with Crippen molar-refractivity contribution in [2.75, 3.05) is 7.11 Å². The predicted octanol–water partition coefficient (Wildman–Crippen LogP) is 4.23. The average molecular weight is 292 g/mol. The predicted molar refractivity (Wildman–Crippen MR) is 81.8 cm³/mol. The van der Waals surface area contributed by atoms with E-state index < -0.39 is 5.60 Å². The highest BCUT2D eigenvalue weighted by Gasteiger charge is 2.43. The van der Waals surface area contributed by atoms with Crippen molar-refractivity contribution in [1.82, 2.24) is 0 Å². The van der Waals surface area contributed by atoms with Crippen LogP contribution in [0.3, 0.4) is 0 Å². The maximum atomic E-state index is 13.4. The molecule has 0 aliphatic heterocycles. The number of methoxy groups -OCH3 is 1. The first-order valence-electron chi connectivity index (χ1n) is 7.61. The van der Waals surface area contributed by atoms with Crippen LogP contribution in [0, 0.1) is 18.2 Å². The van der Waals surface area contributed by atoms with Gasteiger partial charge in [-0.15, -0.1) is 0 Å². The summed E-state index contributed by atoms with van der Waals surface area (Å²) in [4.78, 5) is 12.7. The Hall–Kier alpha value is -1.22. The molecule has 116 valence electrons. The van der Waals surface area contributed by atoms with Gasteiger partial charge < -0.3 is 4.74 Å². The number of hydrogen-bond donors (Lipinski definition) is 0. The third-order valence-electron chi connectivity index (χ3n) is 4.97. The molecule has 1 fully saturated rings. The molecular formula is C18H25FO2. The molecule has 1 saturated carbocycles. The molecule has 21 heavy (non-hydrogen) atoms. The molecule has 0 N–H and O–H groups in total. The minimum absolute atomic E-state index is 0.0780. The largest absolute Gasteiger partial charge is 0.370 e. The molecular weight excluding hydrogens is 267 g/mol. The van der Waals surface area contributed by atoms with Gasteiger partial charge in [-0.2, -0.15) is 0 Å². The molecule has 1 aromatic rings. The first kappa shape index (κ1) is 16.2. The van der Waals surface area contributed by atoms with Crippen molar-refractivity contribution in [3.63, 3.8) is 0 Å². The minimum atomic E-state index is -0.686. The molecule has 0 aromatic heterocycles. The Morgan fingerprint density at radius 2 is 1.86 bits per heavy atom. The van der Waals surface area contributed by atoms with Crippen LogP contribution < -0.4 is 0 Å². The van der Waals surface area contributed by atoms with Gasteiger partial charge in [-0.25, -0.2) is 4.39 Å². The Balaban J connectivity index is 2.16. The van der Waals surface area contributed by atoms with Gasteiger partial charge in [-0.05, 0) is 61.3 Å². The lowest BCUT2D eigenvalue weighted by Gasteiger charge is -2.41. The number of carbonyl (C=O) groups is 1. The van der Waals surface area contributed by atoms with Gasteiger partial charge in [0, 0.05) is 13.5 Å².